The number of fused-ring (bicyclic) bond motifs is 5. The third kappa shape index (κ3) is 7.17. The average Bonchev–Trinajstić information content (AvgIpc) is 4.15. The van der Waals surface area contributed by atoms with E-state index in [0.29, 0.717) is 32.3 Å². The molecule has 290 valence electrons. The molecule has 0 aliphatic heterocycles. The maximum Gasteiger partial charge on any atom is 0.333 e. The minimum Gasteiger partial charge on any atom is -0.459 e. The number of ether oxygens (including phenoxy) is 2. The lowest BCUT2D eigenvalue weighted by molar-refractivity contribution is -0.164. The van der Waals surface area contributed by atoms with E-state index in [1.54, 1.807) is 36.4 Å². The Morgan fingerprint density at radius 1 is 0.508 bits per heavy atom. The van der Waals surface area contributed by atoms with Crippen LogP contribution in [0.15, 0.2) is 131 Å². The van der Waals surface area contributed by atoms with Crippen LogP contribution in [-0.4, -0.2) is 23.4 Å². The van der Waals surface area contributed by atoms with E-state index in [1.807, 2.05) is 109 Å². The Bertz CT molecular complexity index is 3060. The van der Waals surface area contributed by atoms with Crippen LogP contribution in [0.3, 0.4) is 0 Å². The Hall–Kier alpha value is -7.56. The molecular formula is C47H24N6O4S4. The minimum absolute atomic E-state index is 0.0707. The second-order valence-corrected chi connectivity index (χ2v) is 17.9. The molecule has 9 rings (SSSR count). The fourth-order valence-corrected chi connectivity index (χ4v) is 11.3. The molecule has 4 aromatic carbocycles. The van der Waals surface area contributed by atoms with Crippen molar-refractivity contribution in [3.63, 3.8) is 0 Å². The van der Waals surface area contributed by atoms with E-state index in [4.69, 9.17) is 9.47 Å². The molecular weight excluding hydrogens is 841 g/mol. The van der Waals surface area contributed by atoms with E-state index in [9.17, 15) is 21.0 Å². The van der Waals surface area contributed by atoms with Gasteiger partial charge in [0.2, 0.25) is 16.8 Å². The number of thiophene rings is 4. The van der Waals surface area contributed by atoms with E-state index in [2.05, 4.69) is 9.98 Å². The zero-order chi connectivity index (χ0) is 42.1. The predicted octanol–water partition coefficient (Wildman–Crippen LogP) is 11.6. The van der Waals surface area contributed by atoms with Gasteiger partial charge in [0.15, 0.2) is 0 Å². The number of nitriles is 4. The van der Waals surface area contributed by atoms with Gasteiger partial charge in [-0.2, -0.15) is 21.0 Å². The first kappa shape index (κ1) is 38.9. The van der Waals surface area contributed by atoms with Crippen molar-refractivity contribution in [3.8, 4) is 54.9 Å². The van der Waals surface area contributed by atoms with Crippen LogP contribution in [0.1, 0.15) is 22.3 Å². The second-order valence-electron chi connectivity index (χ2n) is 13.6. The molecule has 0 spiro atoms. The maximum atomic E-state index is 15.1. The highest BCUT2D eigenvalue weighted by Gasteiger charge is 2.58. The number of rotatable bonds is 10. The van der Waals surface area contributed by atoms with Crippen molar-refractivity contribution in [1.29, 1.82) is 21.0 Å². The maximum absolute atomic E-state index is 15.1. The van der Waals surface area contributed by atoms with Gasteiger partial charge in [0.25, 0.3) is 0 Å². The van der Waals surface area contributed by atoms with Crippen molar-refractivity contribution in [3.05, 3.63) is 144 Å². The number of nitrogens with zero attached hydrogens (tertiary/aromatic N) is 6. The number of carbonyl (C=O) groups excluding carboxylic acids is 2. The van der Waals surface area contributed by atoms with Gasteiger partial charge >= 0.3 is 11.9 Å². The second kappa shape index (κ2) is 16.2. The van der Waals surface area contributed by atoms with Gasteiger partial charge in [0, 0.05) is 28.9 Å². The zero-order valence-corrected chi connectivity index (χ0v) is 34.7. The SMILES string of the molecule is N#CC(C#N)=Nc1ccc(-c2cc3cc4c(cc3s2)-c2cc3sc(-c5ccc(N=C(C#N)C#N)s5)cc3cc2C4(C(=O)OCc2ccccc2)C(=O)OCc2ccccc2)s1. The standard InChI is InChI=1S/C47H24N6O4S4/c48-21-31(22-49)52-43-13-11-37(60-43)41-17-29-15-35-33(19-39(29)58-41)34-20-40-30(18-42(59-40)38-12-14-44(61-38)53-32(23-50)24-51)16-36(34)47(35,45(54)56-25-27-7-3-1-4-8-27)46(55)57-26-28-9-5-2-6-10-28/h1-20H,25-26H2. The van der Waals surface area contributed by atoms with Crippen molar-refractivity contribution < 1.29 is 19.1 Å². The van der Waals surface area contributed by atoms with E-state index >= 15 is 9.59 Å². The molecule has 0 amide bonds. The highest BCUT2D eigenvalue weighted by Crippen LogP contribution is 2.55. The molecule has 0 atom stereocenters. The van der Waals surface area contributed by atoms with E-state index in [1.165, 1.54) is 45.3 Å². The van der Waals surface area contributed by atoms with Gasteiger partial charge in [-0.25, -0.2) is 9.98 Å². The van der Waals surface area contributed by atoms with E-state index in [0.717, 1.165) is 50.8 Å². The number of hydrogen-bond acceptors (Lipinski definition) is 14. The summed E-state index contributed by atoms with van der Waals surface area (Å²) in [5, 5.41) is 39.6. The monoisotopic (exact) mass is 864 g/mol. The van der Waals surface area contributed by atoms with Crippen molar-refractivity contribution in [2.45, 2.75) is 18.6 Å². The van der Waals surface area contributed by atoms with Crippen LogP contribution in [0.4, 0.5) is 10.0 Å². The predicted molar refractivity (Wildman–Crippen MR) is 239 cm³/mol. The molecule has 0 saturated carbocycles. The fourth-order valence-electron chi connectivity index (χ4n) is 7.22. The molecule has 0 unspecified atom stereocenters. The van der Waals surface area contributed by atoms with Crippen LogP contribution in [0.5, 0.6) is 0 Å². The fraction of sp³-hybridized carbons (Fsp3) is 0.0638. The summed E-state index contributed by atoms with van der Waals surface area (Å²) in [7, 11) is 0. The summed E-state index contributed by atoms with van der Waals surface area (Å²) >= 11 is 5.75. The summed E-state index contributed by atoms with van der Waals surface area (Å²) in [4.78, 5) is 42.1. The van der Waals surface area contributed by atoms with Crippen molar-refractivity contribution in [1.82, 2.24) is 0 Å². The Balaban J connectivity index is 1.22. The summed E-state index contributed by atoms with van der Waals surface area (Å²) in [6.07, 6.45) is 0. The van der Waals surface area contributed by atoms with Crippen LogP contribution in [0.25, 0.3) is 50.8 Å². The lowest BCUT2D eigenvalue weighted by atomic mass is 9.77. The summed E-state index contributed by atoms with van der Waals surface area (Å²) in [5.41, 5.74) is 1.31. The highest BCUT2D eigenvalue weighted by molar-refractivity contribution is 7.27. The number of hydrogen-bond donors (Lipinski definition) is 0. The number of esters is 2. The molecule has 0 saturated heterocycles. The zero-order valence-electron chi connectivity index (χ0n) is 31.4. The van der Waals surface area contributed by atoms with Crippen LogP contribution in [0.2, 0.25) is 0 Å². The average molecular weight is 865 g/mol. The first-order valence-corrected chi connectivity index (χ1v) is 21.6. The van der Waals surface area contributed by atoms with Crippen LogP contribution < -0.4 is 0 Å². The Labute approximate surface area is 364 Å². The first-order valence-electron chi connectivity index (χ1n) is 18.4. The third-order valence-electron chi connectivity index (χ3n) is 9.99. The van der Waals surface area contributed by atoms with Gasteiger partial charge < -0.3 is 9.47 Å². The largest absolute Gasteiger partial charge is 0.459 e. The van der Waals surface area contributed by atoms with Gasteiger partial charge in [-0.15, -0.1) is 45.3 Å². The van der Waals surface area contributed by atoms with E-state index < -0.39 is 17.4 Å². The molecule has 0 N–H and O–H groups in total. The molecule has 1 aliphatic rings. The topological polar surface area (TPSA) is 172 Å². The lowest BCUT2D eigenvalue weighted by Crippen LogP contribution is -2.45. The summed E-state index contributed by atoms with van der Waals surface area (Å²) in [6.45, 7) is -0.141. The quantitative estimate of drug-likeness (QED) is 0.0742. The van der Waals surface area contributed by atoms with Gasteiger partial charge in [0.05, 0.1) is 0 Å². The molecule has 0 bridgehead atoms. The third-order valence-corrected chi connectivity index (χ3v) is 14.5. The van der Waals surface area contributed by atoms with Crippen LogP contribution in [0, 0.1) is 45.3 Å². The van der Waals surface area contributed by atoms with Crippen molar-refractivity contribution in [2.24, 2.45) is 9.98 Å². The molecule has 10 nitrogen and oxygen atoms in total. The molecule has 0 fully saturated rings. The minimum atomic E-state index is -2.01. The number of benzene rings is 4. The van der Waals surface area contributed by atoms with Gasteiger partial charge in [-0.1, -0.05) is 60.7 Å². The molecule has 14 heteroatoms. The lowest BCUT2D eigenvalue weighted by Gasteiger charge is -2.28. The normalized spacial score (nSPS) is 11.9. The number of aliphatic imine (C=N–C) groups is 2. The molecule has 61 heavy (non-hydrogen) atoms. The summed E-state index contributed by atoms with van der Waals surface area (Å²) in [5.74, 6) is -1.53. The highest BCUT2D eigenvalue weighted by atomic mass is 32.1. The summed E-state index contributed by atoms with van der Waals surface area (Å²) < 4.78 is 14.1. The molecule has 8 aromatic rings. The van der Waals surface area contributed by atoms with Crippen molar-refractivity contribution >= 4 is 98.9 Å². The smallest absolute Gasteiger partial charge is 0.333 e. The molecule has 4 heterocycles. The number of carbonyl (C=O) groups is 2. The first-order chi connectivity index (χ1) is 29.8. The molecule has 0 radical (unpaired) electrons. The summed E-state index contributed by atoms with van der Waals surface area (Å²) in [6, 6.07) is 44.8. The Morgan fingerprint density at radius 2 is 0.918 bits per heavy atom. The van der Waals surface area contributed by atoms with Crippen LogP contribution in [-0.2, 0) is 37.7 Å². The van der Waals surface area contributed by atoms with Crippen molar-refractivity contribution in [2.75, 3.05) is 0 Å². The Morgan fingerprint density at radius 3 is 1.31 bits per heavy atom. The van der Waals surface area contributed by atoms with Gasteiger partial charge in [-0.05, 0) is 105 Å². The van der Waals surface area contributed by atoms with Crippen LogP contribution >= 0.6 is 45.3 Å². The van der Waals surface area contributed by atoms with Gasteiger partial charge in [-0.3, -0.25) is 9.59 Å². The molecule has 1 aliphatic carbocycles. The van der Waals surface area contributed by atoms with E-state index in [-0.39, 0.29) is 24.6 Å². The Kier molecular flexibility index (Phi) is 10.4. The van der Waals surface area contributed by atoms with Gasteiger partial charge in [0.1, 0.15) is 47.5 Å². The molecule has 4 aromatic heterocycles.